The number of Topliss-reactive ketones (excluding diaryl/α,β-unsaturated/α-hetero) is 2. The Morgan fingerprint density at radius 3 is 1.52 bits per heavy atom. The van der Waals surface area contributed by atoms with Crippen LogP contribution in [0.3, 0.4) is 0 Å². The second-order valence-electron chi connectivity index (χ2n) is 10.9. The van der Waals surface area contributed by atoms with Gasteiger partial charge in [0.05, 0.1) is 29.4 Å². The van der Waals surface area contributed by atoms with Crippen LogP contribution in [-0.2, 0) is 36.8 Å². The summed E-state index contributed by atoms with van der Waals surface area (Å²) < 4.78 is 15.8. The molecule has 2 heterocycles. The minimum atomic E-state index is -1.05. The number of ketones is 2. The second-order valence-corrected chi connectivity index (χ2v) is 10.9. The number of carbonyl (C=O) groups is 4. The van der Waals surface area contributed by atoms with Crippen molar-refractivity contribution in [3.63, 3.8) is 0 Å². The Morgan fingerprint density at radius 1 is 0.640 bits per heavy atom. The predicted molar refractivity (Wildman–Crippen MR) is 182 cm³/mol. The molecule has 0 fully saturated rings. The molecule has 2 N–H and O–H groups in total. The molecule has 0 unspecified atom stereocenters. The van der Waals surface area contributed by atoms with Crippen LogP contribution in [0.25, 0.3) is 0 Å². The van der Waals surface area contributed by atoms with Crippen molar-refractivity contribution in [3.8, 4) is 11.5 Å². The van der Waals surface area contributed by atoms with Crippen LogP contribution in [-0.4, -0.2) is 65.3 Å². The first kappa shape index (κ1) is 39.5. The van der Waals surface area contributed by atoms with Crippen molar-refractivity contribution in [3.05, 3.63) is 119 Å². The van der Waals surface area contributed by atoms with Crippen molar-refractivity contribution >= 4 is 46.3 Å². The molecule has 4 aromatic carbocycles. The van der Waals surface area contributed by atoms with Crippen LogP contribution < -0.4 is 39.0 Å². The fourth-order valence-corrected chi connectivity index (χ4v) is 5.28. The number of carboxylic acid groups (broad SMARTS) is 1. The van der Waals surface area contributed by atoms with E-state index in [1.807, 2.05) is 72.8 Å². The summed E-state index contributed by atoms with van der Waals surface area (Å²) >= 11 is 0. The minimum absolute atomic E-state index is 0. The molecule has 0 bridgehead atoms. The first-order valence-corrected chi connectivity index (χ1v) is 15.5. The number of benzene rings is 4. The number of carboxylic acids is 1. The van der Waals surface area contributed by atoms with Crippen molar-refractivity contribution in [1.82, 2.24) is 0 Å². The molecule has 0 amide bonds. The molecule has 0 aromatic heterocycles. The van der Waals surface area contributed by atoms with E-state index in [1.165, 1.54) is 0 Å². The van der Waals surface area contributed by atoms with Crippen LogP contribution in [0.1, 0.15) is 42.0 Å². The van der Waals surface area contributed by atoms with E-state index in [0.29, 0.717) is 47.9 Å². The van der Waals surface area contributed by atoms with Crippen molar-refractivity contribution in [1.29, 1.82) is 0 Å². The maximum atomic E-state index is 12.3. The maximum Gasteiger partial charge on any atom is 1.00 e. The van der Waals surface area contributed by atoms with Gasteiger partial charge in [-0.05, 0) is 54.4 Å². The SMILES string of the molecule is CCOC(=O)COc1ccccc1C1=Nc2ccccc2CC(=O)C1.O=C(O)COc1ccccc1C1=Nc2ccccc2CC(=O)C1.[Na+].[OH-]. The number of para-hydroxylation sites is 4. The van der Waals surface area contributed by atoms with Crippen molar-refractivity contribution in [2.24, 2.45) is 9.98 Å². The number of aliphatic imine (C=N–C) groups is 2. The molecular weight excluding hydrogens is 651 g/mol. The number of nitrogens with zero attached hydrogens (tertiary/aromatic N) is 2. The molecule has 12 heteroatoms. The van der Waals surface area contributed by atoms with E-state index in [-0.39, 0.29) is 66.0 Å². The molecule has 6 rings (SSSR count). The summed E-state index contributed by atoms with van der Waals surface area (Å²) in [5, 5.41) is 8.78. The smallest absolute Gasteiger partial charge is 0.870 e. The molecule has 2 aliphatic heterocycles. The van der Waals surface area contributed by atoms with Gasteiger partial charge in [0, 0.05) is 36.8 Å². The van der Waals surface area contributed by atoms with Gasteiger partial charge >= 0.3 is 41.5 Å². The summed E-state index contributed by atoms with van der Waals surface area (Å²) in [4.78, 5) is 56.1. The Bertz CT molecular complexity index is 1900. The number of carbonyl (C=O) groups excluding carboxylic acids is 3. The Kier molecular flexibility index (Phi) is 15.2. The summed E-state index contributed by atoms with van der Waals surface area (Å²) in [6.45, 7) is 1.44. The van der Waals surface area contributed by atoms with E-state index < -0.39 is 18.5 Å². The number of hydrogen-bond donors (Lipinski definition) is 1. The van der Waals surface area contributed by atoms with Crippen LogP contribution in [0.15, 0.2) is 107 Å². The van der Waals surface area contributed by atoms with Crippen molar-refractivity contribution in [2.75, 3.05) is 19.8 Å². The Balaban J connectivity index is 0.000000261. The van der Waals surface area contributed by atoms with Gasteiger partial charge < -0.3 is 24.8 Å². The average Bonchev–Trinajstić information content (AvgIpc) is 3.36. The molecule has 0 spiro atoms. The molecule has 0 radical (unpaired) electrons. The van der Waals surface area contributed by atoms with Crippen LogP contribution in [0.2, 0.25) is 0 Å². The molecule has 0 saturated heterocycles. The maximum absolute atomic E-state index is 12.3. The number of hydrogen-bond acceptors (Lipinski definition) is 10. The molecule has 4 aromatic rings. The summed E-state index contributed by atoms with van der Waals surface area (Å²) in [5.74, 6) is -0.376. The topological polar surface area (TPSA) is 171 Å². The van der Waals surface area contributed by atoms with Gasteiger partial charge in [0.25, 0.3) is 0 Å². The Labute approximate surface area is 311 Å². The molecule has 0 saturated carbocycles. The van der Waals surface area contributed by atoms with E-state index in [4.69, 9.17) is 19.3 Å². The van der Waals surface area contributed by atoms with E-state index in [1.54, 1.807) is 31.2 Å². The number of aliphatic carboxylic acids is 1. The number of esters is 1. The molecular formula is C38H35N2NaO9. The minimum Gasteiger partial charge on any atom is -0.870 e. The Morgan fingerprint density at radius 2 is 1.06 bits per heavy atom. The zero-order valence-electron chi connectivity index (χ0n) is 27.8. The number of fused-ring (bicyclic) bond motifs is 2. The fourth-order valence-electron chi connectivity index (χ4n) is 5.28. The van der Waals surface area contributed by atoms with Gasteiger partial charge in [0.1, 0.15) is 23.1 Å². The third kappa shape index (κ3) is 10.8. The third-order valence-corrected chi connectivity index (χ3v) is 7.40. The van der Waals surface area contributed by atoms with Gasteiger partial charge in [0.15, 0.2) is 13.2 Å². The van der Waals surface area contributed by atoms with E-state index >= 15 is 0 Å². The van der Waals surface area contributed by atoms with Crippen LogP contribution in [0.5, 0.6) is 11.5 Å². The quantitative estimate of drug-likeness (QED) is 0.205. The van der Waals surface area contributed by atoms with E-state index in [2.05, 4.69) is 9.98 Å². The summed E-state index contributed by atoms with van der Waals surface area (Å²) in [7, 11) is 0. The molecule has 252 valence electrons. The average molecular weight is 687 g/mol. The summed E-state index contributed by atoms with van der Waals surface area (Å²) in [6, 6.07) is 29.5. The van der Waals surface area contributed by atoms with Gasteiger partial charge in [-0.1, -0.05) is 60.7 Å². The molecule has 0 atom stereocenters. The second kappa shape index (κ2) is 19.3. The van der Waals surface area contributed by atoms with Crippen LogP contribution >= 0.6 is 0 Å². The summed E-state index contributed by atoms with van der Waals surface area (Å²) in [6.07, 6.45) is 1.15. The van der Waals surface area contributed by atoms with Gasteiger partial charge in [0.2, 0.25) is 0 Å². The first-order valence-electron chi connectivity index (χ1n) is 15.5. The Hall–Kier alpha value is -4.94. The molecule has 50 heavy (non-hydrogen) atoms. The van der Waals surface area contributed by atoms with Gasteiger partial charge in [-0.3, -0.25) is 19.6 Å². The van der Waals surface area contributed by atoms with Gasteiger partial charge in [-0.25, -0.2) is 9.59 Å². The largest absolute Gasteiger partial charge is 1.00 e. The molecule has 11 nitrogen and oxygen atoms in total. The molecule has 2 aliphatic rings. The third-order valence-electron chi connectivity index (χ3n) is 7.40. The zero-order valence-corrected chi connectivity index (χ0v) is 29.8. The zero-order chi connectivity index (χ0) is 33.9. The number of rotatable bonds is 9. The van der Waals surface area contributed by atoms with Gasteiger partial charge in [-0.2, -0.15) is 0 Å². The summed E-state index contributed by atoms with van der Waals surface area (Å²) in [5.41, 5.74) is 6.00. The first-order chi connectivity index (χ1) is 23.3. The van der Waals surface area contributed by atoms with Crippen LogP contribution in [0, 0.1) is 0 Å². The fraction of sp³-hybridized carbons (Fsp3) is 0.211. The standard InChI is InChI=1S/C20H19NO4.C18H15NO4.Na.H2O/c1-2-24-20(23)13-25-19-10-6-4-8-16(19)18-12-15(22)11-14-7-3-5-9-17(14)21-18;20-13-9-12-5-1-3-7-15(12)19-16(10-13)14-6-2-4-8-17(14)23-11-18(21)22;;/h3-10H,2,11-13H2,1H3;1-8H,9-11H2,(H,21,22);;1H2/q;;+1;/p-1. The monoisotopic (exact) mass is 686 g/mol. The molecule has 0 aliphatic carbocycles. The van der Waals surface area contributed by atoms with Crippen LogP contribution in [0.4, 0.5) is 11.4 Å². The predicted octanol–water partition coefficient (Wildman–Crippen LogP) is 2.88. The van der Waals surface area contributed by atoms with E-state index in [9.17, 15) is 19.2 Å². The van der Waals surface area contributed by atoms with Gasteiger partial charge in [-0.15, -0.1) is 0 Å². The van der Waals surface area contributed by atoms with Crippen molar-refractivity contribution < 1.29 is 73.5 Å². The number of ether oxygens (including phenoxy) is 3. The van der Waals surface area contributed by atoms with Crippen molar-refractivity contribution in [2.45, 2.75) is 32.6 Å². The normalized spacial score (nSPS) is 13.1. The van der Waals surface area contributed by atoms with E-state index in [0.717, 1.165) is 28.1 Å².